The van der Waals surface area contributed by atoms with Crippen LogP contribution in [-0.4, -0.2) is 56.0 Å². The Bertz CT molecular complexity index is 354. The van der Waals surface area contributed by atoms with Crippen LogP contribution in [0.25, 0.3) is 0 Å². The SMILES string of the molecule is CS(=O)(=O)N1CCN(C(=O)C2CC2)CC1. The molecule has 5 nitrogen and oxygen atoms in total. The second-order valence-corrected chi connectivity index (χ2v) is 6.24. The first-order valence-electron chi connectivity index (χ1n) is 5.22. The number of rotatable bonds is 2. The summed E-state index contributed by atoms with van der Waals surface area (Å²) < 4.78 is 23.9. The topological polar surface area (TPSA) is 57.7 Å². The average molecular weight is 232 g/mol. The van der Waals surface area contributed by atoms with E-state index in [0.717, 1.165) is 12.8 Å². The van der Waals surface area contributed by atoms with Gasteiger partial charge in [-0.15, -0.1) is 0 Å². The summed E-state index contributed by atoms with van der Waals surface area (Å²) in [7, 11) is -3.08. The van der Waals surface area contributed by atoms with Crippen molar-refractivity contribution in [1.82, 2.24) is 9.21 Å². The molecule has 2 aliphatic rings. The first-order valence-corrected chi connectivity index (χ1v) is 7.07. The summed E-state index contributed by atoms with van der Waals surface area (Å²) in [5.74, 6) is 0.443. The predicted octanol–water partition coefficient (Wildman–Crippen LogP) is -0.500. The Kier molecular flexibility index (Phi) is 2.72. The molecule has 0 radical (unpaired) electrons. The highest BCUT2D eigenvalue weighted by Gasteiger charge is 2.35. The van der Waals surface area contributed by atoms with E-state index in [0.29, 0.717) is 26.2 Å². The maximum absolute atomic E-state index is 11.7. The van der Waals surface area contributed by atoms with Crippen LogP contribution in [0.2, 0.25) is 0 Å². The van der Waals surface area contributed by atoms with Crippen LogP contribution in [-0.2, 0) is 14.8 Å². The van der Waals surface area contributed by atoms with Gasteiger partial charge in [-0.2, -0.15) is 4.31 Å². The molecule has 1 aliphatic carbocycles. The van der Waals surface area contributed by atoms with Gasteiger partial charge in [-0.3, -0.25) is 4.79 Å². The van der Waals surface area contributed by atoms with Crippen LogP contribution in [0.1, 0.15) is 12.8 Å². The number of sulfonamides is 1. The fourth-order valence-corrected chi connectivity index (χ4v) is 2.66. The van der Waals surface area contributed by atoms with Crippen LogP contribution >= 0.6 is 0 Å². The molecule has 0 atom stereocenters. The zero-order valence-corrected chi connectivity index (χ0v) is 9.66. The third-order valence-corrected chi connectivity index (χ3v) is 4.25. The minimum atomic E-state index is -3.08. The maximum Gasteiger partial charge on any atom is 0.225 e. The zero-order valence-electron chi connectivity index (χ0n) is 8.85. The Morgan fingerprint density at radius 3 is 2.07 bits per heavy atom. The molecule has 0 bridgehead atoms. The van der Waals surface area contributed by atoms with Crippen molar-refractivity contribution in [3.8, 4) is 0 Å². The Morgan fingerprint density at radius 1 is 1.13 bits per heavy atom. The lowest BCUT2D eigenvalue weighted by atomic mass is 10.3. The van der Waals surface area contributed by atoms with Crippen molar-refractivity contribution < 1.29 is 13.2 Å². The van der Waals surface area contributed by atoms with E-state index < -0.39 is 10.0 Å². The number of piperazine rings is 1. The molecule has 0 unspecified atom stereocenters. The predicted molar refractivity (Wildman–Crippen MR) is 55.7 cm³/mol. The number of carbonyl (C=O) groups is 1. The van der Waals surface area contributed by atoms with E-state index in [-0.39, 0.29) is 11.8 Å². The number of carbonyl (C=O) groups excluding carboxylic acids is 1. The van der Waals surface area contributed by atoms with Crippen LogP contribution in [0.4, 0.5) is 0 Å². The van der Waals surface area contributed by atoms with Gasteiger partial charge in [0.2, 0.25) is 15.9 Å². The molecular weight excluding hydrogens is 216 g/mol. The Labute approximate surface area is 90.1 Å². The molecular formula is C9H16N2O3S. The lowest BCUT2D eigenvalue weighted by Gasteiger charge is -2.33. The van der Waals surface area contributed by atoms with E-state index in [1.807, 2.05) is 0 Å². The second-order valence-electron chi connectivity index (χ2n) is 4.26. The van der Waals surface area contributed by atoms with E-state index in [1.54, 1.807) is 4.90 Å². The Morgan fingerprint density at radius 2 is 1.67 bits per heavy atom. The molecule has 0 aromatic heterocycles. The van der Waals surface area contributed by atoms with E-state index >= 15 is 0 Å². The summed E-state index contributed by atoms with van der Waals surface area (Å²) in [5, 5.41) is 0. The Hall–Kier alpha value is -0.620. The number of hydrogen-bond acceptors (Lipinski definition) is 3. The first-order chi connectivity index (χ1) is 6.98. The van der Waals surface area contributed by atoms with Crippen molar-refractivity contribution in [3.63, 3.8) is 0 Å². The van der Waals surface area contributed by atoms with Gasteiger partial charge in [-0.05, 0) is 12.8 Å². The molecule has 2 fully saturated rings. The highest BCUT2D eigenvalue weighted by Crippen LogP contribution is 2.31. The monoisotopic (exact) mass is 232 g/mol. The second kappa shape index (κ2) is 3.75. The lowest BCUT2D eigenvalue weighted by molar-refractivity contribution is -0.133. The third kappa shape index (κ3) is 2.49. The highest BCUT2D eigenvalue weighted by atomic mass is 32.2. The quantitative estimate of drug-likeness (QED) is 0.645. The van der Waals surface area contributed by atoms with Gasteiger partial charge >= 0.3 is 0 Å². The number of amides is 1. The van der Waals surface area contributed by atoms with Gasteiger partial charge < -0.3 is 4.90 Å². The summed E-state index contributed by atoms with van der Waals surface area (Å²) in [6.07, 6.45) is 3.22. The fourth-order valence-electron chi connectivity index (χ4n) is 1.83. The standard InChI is InChI=1S/C9H16N2O3S/c1-15(13,14)11-6-4-10(5-7-11)9(12)8-2-3-8/h8H,2-7H2,1H3. The molecule has 0 aromatic carbocycles. The van der Waals surface area contributed by atoms with Crippen LogP contribution < -0.4 is 0 Å². The molecule has 1 saturated heterocycles. The smallest absolute Gasteiger partial charge is 0.225 e. The summed E-state index contributed by atoms with van der Waals surface area (Å²) in [6.45, 7) is 1.97. The van der Waals surface area contributed by atoms with Crippen molar-refractivity contribution in [2.75, 3.05) is 32.4 Å². The highest BCUT2D eigenvalue weighted by molar-refractivity contribution is 7.88. The van der Waals surface area contributed by atoms with Gasteiger partial charge in [-0.1, -0.05) is 0 Å². The van der Waals surface area contributed by atoms with Crippen LogP contribution in [0.5, 0.6) is 0 Å². The van der Waals surface area contributed by atoms with E-state index in [1.165, 1.54) is 10.6 Å². The molecule has 15 heavy (non-hydrogen) atoms. The molecule has 0 aromatic rings. The van der Waals surface area contributed by atoms with Crippen LogP contribution in [0.3, 0.4) is 0 Å². The third-order valence-electron chi connectivity index (χ3n) is 2.95. The van der Waals surface area contributed by atoms with Gasteiger partial charge in [0.1, 0.15) is 0 Å². The van der Waals surface area contributed by atoms with Crippen molar-refractivity contribution in [2.45, 2.75) is 12.8 Å². The largest absolute Gasteiger partial charge is 0.340 e. The van der Waals surface area contributed by atoms with Gasteiger partial charge in [-0.25, -0.2) is 8.42 Å². The van der Waals surface area contributed by atoms with E-state index in [9.17, 15) is 13.2 Å². The van der Waals surface area contributed by atoms with Gasteiger partial charge in [0, 0.05) is 32.1 Å². The maximum atomic E-state index is 11.7. The molecule has 0 N–H and O–H groups in total. The fraction of sp³-hybridized carbons (Fsp3) is 0.889. The van der Waals surface area contributed by atoms with Crippen molar-refractivity contribution in [1.29, 1.82) is 0 Å². The molecule has 1 heterocycles. The van der Waals surface area contributed by atoms with Gasteiger partial charge in [0.25, 0.3) is 0 Å². The molecule has 2 rings (SSSR count). The number of hydrogen-bond donors (Lipinski definition) is 0. The lowest BCUT2D eigenvalue weighted by Crippen LogP contribution is -2.50. The van der Waals surface area contributed by atoms with E-state index in [4.69, 9.17) is 0 Å². The average Bonchev–Trinajstić information content (AvgIpc) is 2.99. The van der Waals surface area contributed by atoms with Gasteiger partial charge in [0.15, 0.2) is 0 Å². The zero-order chi connectivity index (χ0) is 11.1. The summed E-state index contributed by atoms with van der Waals surface area (Å²) in [4.78, 5) is 13.5. The molecule has 0 spiro atoms. The number of nitrogens with zero attached hydrogens (tertiary/aromatic N) is 2. The van der Waals surface area contributed by atoms with Crippen LogP contribution in [0.15, 0.2) is 0 Å². The minimum absolute atomic E-state index is 0.211. The summed E-state index contributed by atoms with van der Waals surface area (Å²) in [6, 6.07) is 0. The first kappa shape index (κ1) is 10.9. The van der Waals surface area contributed by atoms with Crippen molar-refractivity contribution >= 4 is 15.9 Å². The van der Waals surface area contributed by atoms with Crippen molar-refractivity contribution in [3.05, 3.63) is 0 Å². The molecule has 1 amide bonds. The molecule has 1 saturated carbocycles. The molecule has 6 heteroatoms. The normalized spacial score (nSPS) is 24.2. The Balaban J connectivity index is 1.89. The summed E-state index contributed by atoms with van der Waals surface area (Å²) >= 11 is 0. The molecule has 86 valence electrons. The molecule has 1 aliphatic heterocycles. The van der Waals surface area contributed by atoms with Crippen LogP contribution in [0, 0.1) is 5.92 Å². The van der Waals surface area contributed by atoms with Crippen molar-refractivity contribution in [2.24, 2.45) is 5.92 Å². The van der Waals surface area contributed by atoms with Gasteiger partial charge in [0.05, 0.1) is 6.26 Å². The van der Waals surface area contributed by atoms with E-state index in [2.05, 4.69) is 0 Å². The summed E-state index contributed by atoms with van der Waals surface area (Å²) in [5.41, 5.74) is 0. The minimum Gasteiger partial charge on any atom is -0.340 e.